The van der Waals surface area contributed by atoms with Crippen molar-refractivity contribution in [2.24, 2.45) is 11.8 Å². The zero-order valence-corrected chi connectivity index (χ0v) is 13.4. The summed E-state index contributed by atoms with van der Waals surface area (Å²) in [5.74, 6) is 1.58. The van der Waals surface area contributed by atoms with Crippen molar-refractivity contribution in [1.29, 1.82) is 0 Å². The topological polar surface area (TPSA) is 20.2 Å². The van der Waals surface area contributed by atoms with Gasteiger partial charge in [-0.3, -0.25) is 0 Å². The summed E-state index contributed by atoms with van der Waals surface area (Å²) in [6, 6.07) is 0. The lowest BCUT2D eigenvalue weighted by molar-refractivity contribution is 0.0636. The van der Waals surface area contributed by atoms with Gasteiger partial charge in [0.15, 0.2) is 0 Å². The third-order valence-corrected chi connectivity index (χ3v) is 4.99. The van der Waals surface area contributed by atoms with Gasteiger partial charge >= 0.3 is 0 Å². The number of unbranched alkanes of at least 4 members (excludes halogenated alkanes) is 5. The van der Waals surface area contributed by atoms with Gasteiger partial charge < -0.3 is 5.11 Å². The minimum Gasteiger partial charge on any atom is -0.393 e. The molecular weight excluding hydrogens is 232 g/mol. The monoisotopic (exact) mass is 268 g/mol. The predicted octanol–water partition coefficient (Wildman–Crippen LogP) is 5.70. The Morgan fingerprint density at radius 1 is 0.842 bits per heavy atom. The van der Waals surface area contributed by atoms with E-state index in [9.17, 15) is 5.11 Å². The first-order valence-electron chi connectivity index (χ1n) is 8.96. The quantitative estimate of drug-likeness (QED) is 0.503. The predicted molar refractivity (Wildman–Crippen MR) is 84.4 cm³/mol. The van der Waals surface area contributed by atoms with Crippen LogP contribution < -0.4 is 0 Å². The molecule has 0 bridgehead atoms. The maximum atomic E-state index is 10.3. The molecule has 0 amide bonds. The van der Waals surface area contributed by atoms with Crippen LogP contribution in [0.15, 0.2) is 0 Å². The highest BCUT2D eigenvalue weighted by molar-refractivity contribution is 4.77. The maximum Gasteiger partial charge on any atom is 0.0568 e. The first kappa shape index (κ1) is 17.0. The van der Waals surface area contributed by atoms with Crippen LogP contribution in [0.25, 0.3) is 0 Å². The standard InChI is InChI=1S/C18H36O/c1-3-5-6-7-8-9-11-18(19)17-14-12-16(10-4-2)13-15-17/h16-19H,3-15H2,1-2H3. The van der Waals surface area contributed by atoms with Crippen molar-refractivity contribution in [3.8, 4) is 0 Å². The Morgan fingerprint density at radius 2 is 1.47 bits per heavy atom. The van der Waals surface area contributed by atoms with E-state index in [1.165, 1.54) is 77.0 Å². The average Bonchev–Trinajstić information content (AvgIpc) is 2.43. The van der Waals surface area contributed by atoms with Crippen molar-refractivity contribution in [2.45, 2.75) is 103 Å². The summed E-state index contributed by atoms with van der Waals surface area (Å²) in [4.78, 5) is 0. The molecule has 0 spiro atoms. The van der Waals surface area contributed by atoms with Crippen LogP contribution >= 0.6 is 0 Å². The highest BCUT2D eigenvalue weighted by atomic mass is 16.3. The Morgan fingerprint density at radius 3 is 2.11 bits per heavy atom. The molecule has 1 heteroatoms. The summed E-state index contributed by atoms with van der Waals surface area (Å²) >= 11 is 0. The molecule has 0 saturated heterocycles. The summed E-state index contributed by atoms with van der Waals surface area (Å²) in [7, 11) is 0. The van der Waals surface area contributed by atoms with Gasteiger partial charge in [-0.15, -0.1) is 0 Å². The highest BCUT2D eigenvalue weighted by Gasteiger charge is 2.25. The van der Waals surface area contributed by atoms with Crippen LogP contribution in [-0.4, -0.2) is 11.2 Å². The van der Waals surface area contributed by atoms with Crippen LogP contribution in [0.5, 0.6) is 0 Å². The highest BCUT2D eigenvalue weighted by Crippen LogP contribution is 2.34. The molecular formula is C18H36O. The Labute approximate surface area is 121 Å². The molecule has 1 atom stereocenters. The van der Waals surface area contributed by atoms with E-state index in [0.29, 0.717) is 5.92 Å². The zero-order chi connectivity index (χ0) is 13.9. The molecule has 1 N–H and O–H groups in total. The van der Waals surface area contributed by atoms with Gasteiger partial charge in [0.1, 0.15) is 0 Å². The first-order valence-corrected chi connectivity index (χ1v) is 8.96. The lowest BCUT2D eigenvalue weighted by Gasteiger charge is -2.31. The Kier molecular flexibility index (Phi) is 9.59. The van der Waals surface area contributed by atoms with Gasteiger partial charge in [-0.25, -0.2) is 0 Å². The molecule has 1 saturated carbocycles. The van der Waals surface area contributed by atoms with E-state index in [1.54, 1.807) is 0 Å². The minimum atomic E-state index is -0.00579. The largest absolute Gasteiger partial charge is 0.393 e. The molecule has 0 aromatic heterocycles. The molecule has 1 rings (SSSR count). The maximum absolute atomic E-state index is 10.3. The van der Waals surface area contributed by atoms with Crippen molar-refractivity contribution >= 4 is 0 Å². The minimum absolute atomic E-state index is 0.00579. The van der Waals surface area contributed by atoms with Gasteiger partial charge in [0.2, 0.25) is 0 Å². The van der Waals surface area contributed by atoms with E-state index in [0.717, 1.165) is 12.3 Å². The number of aliphatic hydroxyl groups excluding tert-OH is 1. The van der Waals surface area contributed by atoms with Crippen molar-refractivity contribution in [3.63, 3.8) is 0 Å². The SMILES string of the molecule is CCCCCCCCC(O)C1CCC(CCC)CC1. The van der Waals surface area contributed by atoms with Crippen LogP contribution in [0.3, 0.4) is 0 Å². The fourth-order valence-electron chi connectivity index (χ4n) is 3.64. The van der Waals surface area contributed by atoms with Gasteiger partial charge in [-0.05, 0) is 31.1 Å². The van der Waals surface area contributed by atoms with Gasteiger partial charge in [0.05, 0.1) is 6.10 Å². The molecule has 114 valence electrons. The third-order valence-electron chi connectivity index (χ3n) is 4.99. The molecule has 1 aliphatic carbocycles. The van der Waals surface area contributed by atoms with E-state index in [4.69, 9.17) is 0 Å². The van der Waals surface area contributed by atoms with Crippen LogP contribution in [0, 0.1) is 11.8 Å². The fraction of sp³-hybridized carbons (Fsp3) is 1.00. The molecule has 0 radical (unpaired) electrons. The molecule has 1 aliphatic rings. The number of hydrogen-bond acceptors (Lipinski definition) is 1. The number of aliphatic hydroxyl groups is 1. The smallest absolute Gasteiger partial charge is 0.0568 e. The van der Waals surface area contributed by atoms with Gasteiger partial charge in [0, 0.05) is 0 Å². The average molecular weight is 268 g/mol. The van der Waals surface area contributed by atoms with E-state index in [1.807, 2.05) is 0 Å². The van der Waals surface area contributed by atoms with Crippen molar-refractivity contribution in [2.75, 3.05) is 0 Å². The van der Waals surface area contributed by atoms with Gasteiger partial charge in [-0.1, -0.05) is 78.1 Å². The van der Waals surface area contributed by atoms with Crippen molar-refractivity contribution in [1.82, 2.24) is 0 Å². The molecule has 1 fully saturated rings. The van der Waals surface area contributed by atoms with Gasteiger partial charge in [0.25, 0.3) is 0 Å². The first-order chi connectivity index (χ1) is 9.27. The molecule has 0 aromatic carbocycles. The summed E-state index contributed by atoms with van der Waals surface area (Å²) in [5.41, 5.74) is 0. The Balaban J connectivity index is 2.02. The lowest BCUT2D eigenvalue weighted by Crippen LogP contribution is -2.25. The summed E-state index contributed by atoms with van der Waals surface area (Å²) in [5, 5.41) is 10.3. The second-order valence-corrected chi connectivity index (χ2v) is 6.69. The molecule has 0 aromatic rings. The fourth-order valence-corrected chi connectivity index (χ4v) is 3.64. The second kappa shape index (κ2) is 10.7. The normalized spacial score (nSPS) is 25.4. The van der Waals surface area contributed by atoms with Crippen molar-refractivity contribution < 1.29 is 5.11 Å². The molecule has 0 heterocycles. The Bertz CT molecular complexity index is 194. The third kappa shape index (κ3) is 7.34. The summed E-state index contributed by atoms with van der Waals surface area (Å²) < 4.78 is 0. The number of hydrogen-bond donors (Lipinski definition) is 1. The van der Waals surface area contributed by atoms with E-state index < -0.39 is 0 Å². The molecule has 19 heavy (non-hydrogen) atoms. The van der Waals surface area contributed by atoms with E-state index >= 15 is 0 Å². The Hall–Kier alpha value is -0.0400. The van der Waals surface area contributed by atoms with E-state index in [2.05, 4.69) is 13.8 Å². The van der Waals surface area contributed by atoms with Crippen LogP contribution in [0.1, 0.15) is 97.3 Å². The second-order valence-electron chi connectivity index (χ2n) is 6.69. The zero-order valence-electron chi connectivity index (χ0n) is 13.4. The van der Waals surface area contributed by atoms with Gasteiger partial charge in [-0.2, -0.15) is 0 Å². The van der Waals surface area contributed by atoms with Crippen LogP contribution in [-0.2, 0) is 0 Å². The summed E-state index contributed by atoms with van der Waals surface area (Å²) in [6.07, 6.45) is 17.1. The van der Waals surface area contributed by atoms with E-state index in [-0.39, 0.29) is 6.10 Å². The van der Waals surface area contributed by atoms with Crippen LogP contribution in [0.4, 0.5) is 0 Å². The molecule has 1 nitrogen and oxygen atoms in total. The van der Waals surface area contributed by atoms with Crippen LogP contribution in [0.2, 0.25) is 0 Å². The number of rotatable bonds is 10. The summed E-state index contributed by atoms with van der Waals surface area (Å²) in [6.45, 7) is 4.55. The van der Waals surface area contributed by atoms with Crippen molar-refractivity contribution in [3.05, 3.63) is 0 Å². The molecule has 1 unspecified atom stereocenters. The lowest BCUT2D eigenvalue weighted by atomic mass is 9.77. The molecule has 0 aliphatic heterocycles.